The van der Waals surface area contributed by atoms with Gasteiger partial charge in [-0.1, -0.05) is 30.0 Å². The summed E-state index contributed by atoms with van der Waals surface area (Å²) in [4.78, 5) is 26.9. The summed E-state index contributed by atoms with van der Waals surface area (Å²) in [5.74, 6) is 0. The molecule has 0 saturated carbocycles. The average Bonchev–Trinajstić information content (AvgIpc) is 2.45. The molecule has 0 fully saturated rings. The minimum atomic E-state index is -0.537. The van der Waals surface area contributed by atoms with Gasteiger partial charge in [-0.2, -0.15) is 0 Å². The summed E-state index contributed by atoms with van der Waals surface area (Å²) in [6, 6.07) is 9.38. The van der Waals surface area contributed by atoms with Crippen molar-refractivity contribution < 1.29 is 9.84 Å². The van der Waals surface area contributed by atoms with Crippen molar-refractivity contribution in [3.05, 3.63) is 57.4 Å². The molecule has 1 aromatic heterocycles. The fourth-order valence-electron chi connectivity index (χ4n) is 1.50. The molecule has 0 aliphatic carbocycles. The topological polar surface area (TPSA) is 84.3 Å². The molecule has 106 valence electrons. The minimum Gasteiger partial charge on any atom is -0.394 e. The van der Waals surface area contributed by atoms with Crippen LogP contribution in [0, 0.1) is 0 Å². The Morgan fingerprint density at radius 1 is 1.25 bits per heavy atom. The van der Waals surface area contributed by atoms with Crippen LogP contribution in [0.5, 0.6) is 0 Å². The number of aliphatic hydroxyl groups is 1. The number of aliphatic hydroxyl groups excluding tert-OH is 1. The molecule has 1 heterocycles. The highest BCUT2D eigenvalue weighted by Crippen LogP contribution is 2.23. The first-order valence-corrected chi connectivity index (χ1v) is 6.77. The Balaban J connectivity index is 2.22. The highest BCUT2D eigenvalue weighted by molar-refractivity contribution is 7.99. The summed E-state index contributed by atoms with van der Waals surface area (Å²) >= 11 is 1.27. The van der Waals surface area contributed by atoms with Gasteiger partial charge in [-0.25, -0.2) is 4.79 Å². The van der Waals surface area contributed by atoms with Gasteiger partial charge in [0.2, 0.25) is 0 Å². The first kappa shape index (κ1) is 14.6. The number of benzene rings is 1. The van der Waals surface area contributed by atoms with E-state index < -0.39 is 11.2 Å². The van der Waals surface area contributed by atoms with Gasteiger partial charge in [-0.05, 0) is 12.1 Å². The molecule has 2 aromatic rings. The van der Waals surface area contributed by atoms with E-state index in [2.05, 4.69) is 4.98 Å². The molecule has 0 atom stereocenters. The SMILES string of the molecule is O=c1[nH]c(=O)n(COCCO)cc1Sc1ccccc1. The van der Waals surface area contributed by atoms with Crippen LogP contribution < -0.4 is 11.2 Å². The number of nitrogens with one attached hydrogen (secondary N) is 1. The second-order valence-electron chi connectivity index (χ2n) is 3.90. The first-order chi connectivity index (χ1) is 9.70. The van der Waals surface area contributed by atoms with Crippen molar-refractivity contribution in [1.82, 2.24) is 9.55 Å². The van der Waals surface area contributed by atoms with Gasteiger partial charge in [0, 0.05) is 11.1 Å². The number of H-pyrrole nitrogens is 1. The molecule has 0 amide bonds. The molecule has 0 spiro atoms. The molecule has 6 nitrogen and oxygen atoms in total. The summed E-state index contributed by atoms with van der Waals surface area (Å²) in [5.41, 5.74) is -0.965. The Bertz CT molecular complexity index is 666. The summed E-state index contributed by atoms with van der Waals surface area (Å²) in [6.45, 7) is -0.00498. The molecule has 0 radical (unpaired) electrons. The van der Waals surface area contributed by atoms with Gasteiger partial charge in [0.05, 0.1) is 18.1 Å². The minimum absolute atomic E-state index is 0.0154. The van der Waals surface area contributed by atoms with E-state index >= 15 is 0 Å². The molecule has 0 saturated heterocycles. The van der Waals surface area contributed by atoms with Crippen LogP contribution in [-0.2, 0) is 11.5 Å². The molecule has 1 aromatic carbocycles. The van der Waals surface area contributed by atoms with E-state index in [0.29, 0.717) is 4.90 Å². The van der Waals surface area contributed by atoms with Gasteiger partial charge in [-0.3, -0.25) is 14.3 Å². The van der Waals surface area contributed by atoms with Crippen molar-refractivity contribution in [3.8, 4) is 0 Å². The highest BCUT2D eigenvalue weighted by atomic mass is 32.2. The molecule has 2 rings (SSSR count). The zero-order valence-electron chi connectivity index (χ0n) is 10.6. The molecule has 7 heteroatoms. The van der Waals surface area contributed by atoms with Gasteiger partial charge < -0.3 is 9.84 Å². The lowest BCUT2D eigenvalue weighted by Crippen LogP contribution is -2.31. The summed E-state index contributed by atoms with van der Waals surface area (Å²) in [5, 5.41) is 8.63. The number of ether oxygens (including phenoxy) is 1. The Labute approximate surface area is 119 Å². The van der Waals surface area contributed by atoms with Crippen molar-refractivity contribution in [3.63, 3.8) is 0 Å². The van der Waals surface area contributed by atoms with Gasteiger partial charge in [0.25, 0.3) is 5.56 Å². The number of nitrogens with zero attached hydrogens (tertiary/aromatic N) is 1. The number of aromatic amines is 1. The fourth-order valence-corrected chi connectivity index (χ4v) is 2.37. The average molecular weight is 294 g/mol. The van der Waals surface area contributed by atoms with Crippen molar-refractivity contribution in [2.24, 2.45) is 0 Å². The maximum atomic E-state index is 11.8. The zero-order valence-corrected chi connectivity index (χ0v) is 11.4. The smallest absolute Gasteiger partial charge is 0.330 e. The third kappa shape index (κ3) is 3.83. The maximum Gasteiger partial charge on any atom is 0.330 e. The van der Waals surface area contributed by atoms with E-state index in [4.69, 9.17) is 9.84 Å². The number of rotatable bonds is 6. The third-order valence-corrected chi connectivity index (χ3v) is 3.43. The molecule has 0 unspecified atom stereocenters. The van der Waals surface area contributed by atoms with Crippen LogP contribution in [0.1, 0.15) is 0 Å². The number of aromatic nitrogens is 2. The van der Waals surface area contributed by atoms with Crippen LogP contribution in [0.2, 0.25) is 0 Å². The van der Waals surface area contributed by atoms with E-state index in [1.165, 1.54) is 22.5 Å². The van der Waals surface area contributed by atoms with E-state index in [-0.39, 0.29) is 19.9 Å². The van der Waals surface area contributed by atoms with Gasteiger partial charge in [0.15, 0.2) is 0 Å². The Kier molecular flexibility index (Phi) is 5.16. The molecule has 20 heavy (non-hydrogen) atoms. The monoisotopic (exact) mass is 294 g/mol. The fraction of sp³-hybridized carbons (Fsp3) is 0.231. The molecule has 0 aliphatic heterocycles. The summed E-state index contributed by atoms with van der Waals surface area (Å²) < 4.78 is 6.33. The second kappa shape index (κ2) is 7.09. The first-order valence-electron chi connectivity index (χ1n) is 5.96. The quantitative estimate of drug-likeness (QED) is 0.764. The molecule has 2 N–H and O–H groups in total. The molecule has 0 bridgehead atoms. The summed E-state index contributed by atoms with van der Waals surface area (Å²) in [6.07, 6.45) is 1.45. The summed E-state index contributed by atoms with van der Waals surface area (Å²) in [7, 11) is 0. The molecular formula is C13H14N2O4S. The maximum absolute atomic E-state index is 11.8. The van der Waals surface area contributed by atoms with E-state index in [0.717, 1.165) is 4.90 Å². The lowest BCUT2D eigenvalue weighted by molar-refractivity contribution is 0.0453. The predicted molar refractivity (Wildman–Crippen MR) is 74.9 cm³/mol. The van der Waals surface area contributed by atoms with E-state index in [9.17, 15) is 9.59 Å². The van der Waals surface area contributed by atoms with Crippen molar-refractivity contribution >= 4 is 11.8 Å². The van der Waals surface area contributed by atoms with Crippen molar-refractivity contribution in [2.45, 2.75) is 16.5 Å². The Morgan fingerprint density at radius 3 is 2.70 bits per heavy atom. The third-order valence-electron chi connectivity index (χ3n) is 2.42. The molecule has 0 aliphatic rings. The van der Waals surface area contributed by atoms with Crippen LogP contribution in [0.3, 0.4) is 0 Å². The predicted octanol–water partition coefficient (Wildman–Crippen LogP) is 0.654. The Hall–Kier alpha value is -1.83. The second-order valence-corrected chi connectivity index (χ2v) is 5.01. The van der Waals surface area contributed by atoms with Gasteiger partial charge in [-0.15, -0.1) is 0 Å². The normalized spacial score (nSPS) is 10.7. The van der Waals surface area contributed by atoms with Crippen molar-refractivity contribution in [2.75, 3.05) is 13.2 Å². The molecular weight excluding hydrogens is 280 g/mol. The number of hydrogen-bond acceptors (Lipinski definition) is 5. The van der Waals surface area contributed by atoms with E-state index in [1.54, 1.807) is 0 Å². The lowest BCUT2D eigenvalue weighted by Gasteiger charge is -2.07. The van der Waals surface area contributed by atoms with Crippen LogP contribution >= 0.6 is 11.8 Å². The van der Waals surface area contributed by atoms with Gasteiger partial charge >= 0.3 is 5.69 Å². The van der Waals surface area contributed by atoms with Crippen LogP contribution in [0.4, 0.5) is 0 Å². The van der Waals surface area contributed by atoms with E-state index in [1.807, 2.05) is 30.3 Å². The largest absolute Gasteiger partial charge is 0.394 e. The standard InChI is InChI=1S/C13H14N2O4S/c16-6-7-19-9-15-8-11(12(17)14-13(15)18)20-10-4-2-1-3-5-10/h1-5,8,16H,6-7,9H2,(H,14,17,18). The highest BCUT2D eigenvalue weighted by Gasteiger charge is 2.06. The van der Waals surface area contributed by atoms with Crippen LogP contribution in [0.25, 0.3) is 0 Å². The van der Waals surface area contributed by atoms with Gasteiger partial charge in [0.1, 0.15) is 6.73 Å². The van der Waals surface area contributed by atoms with Crippen LogP contribution in [0.15, 0.2) is 55.9 Å². The zero-order chi connectivity index (χ0) is 14.4. The van der Waals surface area contributed by atoms with Crippen LogP contribution in [-0.4, -0.2) is 27.9 Å². The number of hydrogen-bond donors (Lipinski definition) is 2. The van der Waals surface area contributed by atoms with Crippen molar-refractivity contribution in [1.29, 1.82) is 0 Å². The lowest BCUT2D eigenvalue weighted by atomic mass is 10.4. The Morgan fingerprint density at radius 2 is 2.00 bits per heavy atom.